The highest BCUT2D eigenvalue weighted by atomic mass is 35.5. The molecule has 0 saturated carbocycles. The molecule has 0 aliphatic carbocycles. The molecule has 2 aliphatic heterocycles. The monoisotopic (exact) mass is 376 g/mol. The summed E-state index contributed by atoms with van der Waals surface area (Å²) in [6.07, 6.45) is 2.47. The SMILES string of the molecule is CCCN(C1CCNCC1)S(=O)(=O)c1cccc2c1OCCO2.Cl. The Morgan fingerprint density at radius 3 is 2.62 bits per heavy atom. The first-order valence-corrected chi connectivity index (χ1v) is 9.69. The van der Waals surface area contributed by atoms with Gasteiger partial charge in [0.15, 0.2) is 11.5 Å². The van der Waals surface area contributed by atoms with E-state index in [-0.39, 0.29) is 23.3 Å². The molecule has 0 atom stereocenters. The Morgan fingerprint density at radius 1 is 1.21 bits per heavy atom. The van der Waals surface area contributed by atoms with Crippen molar-refractivity contribution in [3.8, 4) is 11.5 Å². The van der Waals surface area contributed by atoms with E-state index < -0.39 is 10.0 Å². The summed E-state index contributed by atoms with van der Waals surface area (Å²) in [5.41, 5.74) is 0. The molecule has 1 N–H and O–H groups in total. The van der Waals surface area contributed by atoms with Gasteiger partial charge in [0.25, 0.3) is 0 Å². The number of piperidine rings is 1. The third-order valence-electron chi connectivity index (χ3n) is 4.28. The summed E-state index contributed by atoms with van der Waals surface area (Å²) < 4.78 is 39.3. The summed E-state index contributed by atoms with van der Waals surface area (Å²) in [6.45, 7) is 5.06. The van der Waals surface area contributed by atoms with Gasteiger partial charge in [0.2, 0.25) is 10.0 Å². The minimum atomic E-state index is -3.60. The van der Waals surface area contributed by atoms with Gasteiger partial charge in [0, 0.05) is 12.6 Å². The molecule has 1 saturated heterocycles. The summed E-state index contributed by atoms with van der Waals surface area (Å²) in [4.78, 5) is 0.224. The second kappa shape index (κ2) is 8.38. The molecule has 136 valence electrons. The predicted molar refractivity (Wildman–Crippen MR) is 94.8 cm³/mol. The van der Waals surface area contributed by atoms with Gasteiger partial charge in [-0.3, -0.25) is 0 Å². The number of halogens is 1. The molecule has 0 radical (unpaired) electrons. The van der Waals surface area contributed by atoms with Crippen LogP contribution in [0.2, 0.25) is 0 Å². The van der Waals surface area contributed by atoms with Crippen LogP contribution in [0.4, 0.5) is 0 Å². The number of hydrogen-bond acceptors (Lipinski definition) is 5. The van der Waals surface area contributed by atoms with E-state index in [1.807, 2.05) is 6.92 Å². The summed E-state index contributed by atoms with van der Waals surface area (Å²) >= 11 is 0. The van der Waals surface area contributed by atoms with Crippen LogP contribution < -0.4 is 14.8 Å². The van der Waals surface area contributed by atoms with Crippen molar-refractivity contribution in [2.45, 2.75) is 37.1 Å². The Labute approximate surface area is 150 Å². The Balaban J connectivity index is 0.00000208. The van der Waals surface area contributed by atoms with Crippen LogP contribution in [-0.2, 0) is 10.0 Å². The smallest absolute Gasteiger partial charge is 0.247 e. The number of nitrogens with one attached hydrogen (secondary N) is 1. The molecule has 6 nitrogen and oxygen atoms in total. The van der Waals surface area contributed by atoms with Crippen LogP contribution >= 0.6 is 12.4 Å². The second-order valence-electron chi connectivity index (χ2n) is 5.88. The normalized spacial score (nSPS) is 18.2. The molecule has 3 rings (SSSR count). The molecule has 8 heteroatoms. The molecule has 1 fully saturated rings. The maximum Gasteiger partial charge on any atom is 0.247 e. The third-order valence-corrected chi connectivity index (χ3v) is 6.25. The van der Waals surface area contributed by atoms with Crippen molar-refractivity contribution in [2.24, 2.45) is 0 Å². The van der Waals surface area contributed by atoms with Crippen molar-refractivity contribution in [2.75, 3.05) is 32.8 Å². The van der Waals surface area contributed by atoms with Crippen molar-refractivity contribution in [3.63, 3.8) is 0 Å². The molecule has 2 heterocycles. The van der Waals surface area contributed by atoms with Gasteiger partial charge < -0.3 is 14.8 Å². The molecule has 2 aliphatic rings. The third kappa shape index (κ3) is 3.79. The molecule has 0 spiro atoms. The van der Waals surface area contributed by atoms with E-state index in [9.17, 15) is 8.42 Å². The molecule has 0 aromatic heterocycles. The number of ether oxygens (including phenoxy) is 2. The van der Waals surface area contributed by atoms with Gasteiger partial charge in [-0.25, -0.2) is 8.42 Å². The number of para-hydroxylation sites is 1. The minimum absolute atomic E-state index is 0. The topological polar surface area (TPSA) is 67.9 Å². The predicted octanol–water partition coefficient (Wildman–Crippen LogP) is 2.03. The van der Waals surface area contributed by atoms with Gasteiger partial charge in [0.05, 0.1) is 0 Å². The first-order valence-electron chi connectivity index (χ1n) is 8.25. The summed E-state index contributed by atoms with van der Waals surface area (Å²) in [5.74, 6) is 0.868. The second-order valence-corrected chi connectivity index (χ2v) is 7.74. The lowest BCUT2D eigenvalue weighted by molar-refractivity contribution is 0.166. The van der Waals surface area contributed by atoms with E-state index >= 15 is 0 Å². The number of rotatable bonds is 5. The summed E-state index contributed by atoms with van der Waals surface area (Å²) in [6, 6.07) is 5.13. The number of hydrogen-bond donors (Lipinski definition) is 1. The highest BCUT2D eigenvalue weighted by molar-refractivity contribution is 7.89. The van der Waals surface area contributed by atoms with Crippen LogP contribution in [-0.4, -0.2) is 51.6 Å². The fourth-order valence-corrected chi connectivity index (χ4v) is 5.11. The van der Waals surface area contributed by atoms with E-state index in [0.29, 0.717) is 31.3 Å². The van der Waals surface area contributed by atoms with E-state index in [1.54, 1.807) is 22.5 Å². The van der Waals surface area contributed by atoms with E-state index in [4.69, 9.17) is 9.47 Å². The zero-order chi connectivity index (χ0) is 16.3. The van der Waals surface area contributed by atoms with Crippen molar-refractivity contribution in [3.05, 3.63) is 18.2 Å². The van der Waals surface area contributed by atoms with Crippen molar-refractivity contribution in [1.29, 1.82) is 0 Å². The molecular weight excluding hydrogens is 352 g/mol. The maximum absolute atomic E-state index is 13.3. The highest BCUT2D eigenvalue weighted by Gasteiger charge is 2.35. The molecule has 1 aromatic carbocycles. The fraction of sp³-hybridized carbons (Fsp3) is 0.625. The Bertz CT molecular complexity index is 647. The van der Waals surface area contributed by atoms with Gasteiger partial charge >= 0.3 is 0 Å². The largest absolute Gasteiger partial charge is 0.486 e. The van der Waals surface area contributed by atoms with Crippen molar-refractivity contribution in [1.82, 2.24) is 9.62 Å². The first-order chi connectivity index (χ1) is 11.1. The maximum atomic E-state index is 13.3. The summed E-state index contributed by atoms with van der Waals surface area (Å²) in [5, 5.41) is 3.29. The van der Waals surface area contributed by atoms with Crippen LogP contribution in [0.5, 0.6) is 11.5 Å². The number of fused-ring (bicyclic) bond motifs is 1. The molecule has 1 aromatic rings. The van der Waals surface area contributed by atoms with Gasteiger partial charge in [-0.05, 0) is 44.5 Å². The van der Waals surface area contributed by atoms with Gasteiger partial charge in [-0.15, -0.1) is 12.4 Å². The Morgan fingerprint density at radius 2 is 1.92 bits per heavy atom. The lowest BCUT2D eigenvalue weighted by atomic mass is 10.1. The summed E-state index contributed by atoms with van der Waals surface area (Å²) in [7, 11) is -3.60. The van der Waals surface area contributed by atoms with E-state index in [0.717, 1.165) is 32.4 Å². The zero-order valence-electron chi connectivity index (χ0n) is 13.9. The first kappa shape index (κ1) is 19.3. The average Bonchev–Trinajstić information content (AvgIpc) is 2.59. The van der Waals surface area contributed by atoms with Gasteiger partial charge in [-0.2, -0.15) is 4.31 Å². The quantitative estimate of drug-likeness (QED) is 0.851. The van der Waals surface area contributed by atoms with Crippen LogP contribution in [0.15, 0.2) is 23.1 Å². The van der Waals surface area contributed by atoms with Gasteiger partial charge in [0.1, 0.15) is 18.1 Å². The molecule has 0 amide bonds. The fourth-order valence-electron chi connectivity index (χ4n) is 3.19. The number of benzene rings is 1. The number of sulfonamides is 1. The lowest BCUT2D eigenvalue weighted by Crippen LogP contribution is -2.46. The lowest BCUT2D eigenvalue weighted by Gasteiger charge is -2.34. The van der Waals surface area contributed by atoms with Crippen LogP contribution in [0.1, 0.15) is 26.2 Å². The molecule has 0 unspecified atom stereocenters. The average molecular weight is 377 g/mol. The number of nitrogens with zero attached hydrogens (tertiary/aromatic N) is 1. The standard InChI is InChI=1S/C16H24N2O4S.ClH/c1-2-10-18(13-6-8-17-9-7-13)23(19,20)15-5-3-4-14-16(15)22-12-11-21-14;/h3-5,13,17H,2,6-12H2,1H3;1H. The zero-order valence-corrected chi connectivity index (χ0v) is 15.5. The van der Waals surface area contributed by atoms with E-state index in [2.05, 4.69) is 5.32 Å². The van der Waals surface area contributed by atoms with Crippen molar-refractivity contribution >= 4 is 22.4 Å². The van der Waals surface area contributed by atoms with E-state index in [1.165, 1.54) is 0 Å². The molecular formula is C16H25ClN2O4S. The molecule has 0 bridgehead atoms. The minimum Gasteiger partial charge on any atom is -0.486 e. The van der Waals surface area contributed by atoms with Gasteiger partial charge in [-0.1, -0.05) is 13.0 Å². The Hall–Kier alpha value is -1.02. The Kier molecular flexibility index (Phi) is 6.74. The van der Waals surface area contributed by atoms with Crippen molar-refractivity contribution < 1.29 is 17.9 Å². The highest BCUT2D eigenvalue weighted by Crippen LogP contribution is 2.38. The van der Waals surface area contributed by atoms with Crippen LogP contribution in [0.3, 0.4) is 0 Å². The van der Waals surface area contributed by atoms with Crippen LogP contribution in [0.25, 0.3) is 0 Å². The molecule has 24 heavy (non-hydrogen) atoms. The van der Waals surface area contributed by atoms with Crippen LogP contribution in [0, 0.1) is 0 Å².